The van der Waals surface area contributed by atoms with Crippen molar-refractivity contribution in [1.29, 1.82) is 0 Å². The molecule has 0 radical (unpaired) electrons. The van der Waals surface area contributed by atoms with E-state index < -0.39 is 16.1 Å². The Hall–Kier alpha value is -2.00. The lowest BCUT2D eigenvalue weighted by atomic mass is 10.1. The number of anilines is 1. The fourth-order valence-corrected chi connectivity index (χ4v) is 5.37. The molecule has 0 spiro atoms. The van der Waals surface area contributed by atoms with E-state index in [9.17, 15) is 18.0 Å². The minimum atomic E-state index is -3.59. The molecule has 0 aromatic heterocycles. The van der Waals surface area contributed by atoms with E-state index >= 15 is 0 Å². The van der Waals surface area contributed by atoms with E-state index in [1.807, 2.05) is 20.8 Å². The second kappa shape index (κ2) is 13.5. The van der Waals surface area contributed by atoms with Gasteiger partial charge in [-0.2, -0.15) is 0 Å². The monoisotopic (exact) mass is 575 g/mol. The number of nitrogens with zero attached hydrogens (tertiary/aromatic N) is 2. The van der Waals surface area contributed by atoms with Gasteiger partial charge in [0, 0.05) is 46.2 Å². The van der Waals surface area contributed by atoms with Crippen molar-refractivity contribution in [2.45, 2.75) is 58.7 Å². The Kier molecular flexibility index (Phi) is 11.3. The first-order valence-corrected chi connectivity index (χ1v) is 14.6. The molecule has 0 aliphatic heterocycles. The lowest BCUT2D eigenvalue weighted by molar-refractivity contribution is -0.141. The molecule has 198 valence electrons. The summed E-state index contributed by atoms with van der Waals surface area (Å²) in [5, 5.41) is 4.14. The molecule has 11 heteroatoms. The van der Waals surface area contributed by atoms with Crippen LogP contribution >= 0.6 is 34.8 Å². The molecule has 2 amide bonds. The van der Waals surface area contributed by atoms with E-state index in [1.165, 1.54) is 9.21 Å². The first-order chi connectivity index (χ1) is 16.8. The van der Waals surface area contributed by atoms with Gasteiger partial charge in [0.25, 0.3) is 0 Å². The van der Waals surface area contributed by atoms with Crippen molar-refractivity contribution >= 4 is 62.3 Å². The van der Waals surface area contributed by atoms with Crippen molar-refractivity contribution in [2.24, 2.45) is 0 Å². The first-order valence-electron chi connectivity index (χ1n) is 11.6. The van der Waals surface area contributed by atoms with E-state index in [1.54, 1.807) is 42.5 Å². The average Bonchev–Trinajstić information content (AvgIpc) is 2.78. The summed E-state index contributed by atoms with van der Waals surface area (Å²) < 4.78 is 26.0. The van der Waals surface area contributed by atoms with Gasteiger partial charge < -0.3 is 10.2 Å². The van der Waals surface area contributed by atoms with Crippen molar-refractivity contribution in [3.63, 3.8) is 0 Å². The number of rotatable bonds is 12. The predicted molar refractivity (Wildman–Crippen MR) is 147 cm³/mol. The van der Waals surface area contributed by atoms with E-state index in [0.717, 1.165) is 6.26 Å². The molecule has 1 atom stereocenters. The summed E-state index contributed by atoms with van der Waals surface area (Å²) in [6, 6.07) is 10.7. The van der Waals surface area contributed by atoms with Crippen molar-refractivity contribution in [3.8, 4) is 0 Å². The Morgan fingerprint density at radius 1 is 1.00 bits per heavy atom. The quantitative estimate of drug-likeness (QED) is 0.360. The van der Waals surface area contributed by atoms with Gasteiger partial charge in [-0.1, -0.05) is 47.8 Å². The van der Waals surface area contributed by atoms with Gasteiger partial charge in [-0.15, -0.1) is 0 Å². The van der Waals surface area contributed by atoms with Gasteiger partial charge in [-0.05, 0) is 63.1 Å². The number of benzene rings is 2. The number of sulfonamides is 1. The SMILES string of the molecule is CCC(C(=O)NC(C)C)N(Cc1c(Cl)cccc1Cl)C(=O)CCCN(c1ccc(Cl)cc1)S(C)(=O)=O. The van der Waals surface area contributed by atoms with Gasteiger partial charge in [0.15, 0.2) is 0 Å². The summed E-state index contributed by atoms with van der Waals surface area (Å²) in [7, 11) is -3.59. The maximum absolute atomic E-state index is 13.4. The van der Waals surface area contributed by atoms with Gasteiger partial charge in [-0.25, -0.2) is 8.42 Å². The second-order valence-corrected chi connectivity index (χ2v) is 11.9. The lowest BCUT2D eigenvalue weighted by Crippen LogP contribution is -2.50. The molecule has 0 saturated heterocycles. The molecule has 0 aliphatic carbocycles. The van der Waals surface area contributed by atoms with Crippen molar-refractivity contribution < 1.29 is 18.0 Å². The molecule has 0 bridgehead atoms. The summed E-state index contributed by atoms with van der Waals surface area (Å²) in [6.45, 7) is 5.65. The number of carbonyl (C=O) groups excluding carboxylic acids is 2. The fraction of sp³-hybridized carbons (Fsp3) is 0.440. The van der Waals surface area contributed by atoms with Crippen LogP contribution in [0.25, 0.3) is 0 Å². The van der Waals surface area contributed by atoms with E-state index in [4.69, 9.17) is 34.8 Å². The average molecular weight is 577 g/mol. The highest BCUT2D eigenvalue weighted by atomic mass is 35.5. The van der Waals surface area contributed by atoms with Crippen LogP contribution in [0.2, 0.25) is 15.1 Å². The first kappa shape index (κ1) is 30.2. The number of nitrogens with one attached hydrogen (secondary N) is 1. The second-order valence-electron chi connectivity index (χ2n) is 8.72. The van der Waals surface area contributed by atoms with Crippen LogP contribution in [-0.4, -0.2) is 50.0 Å². The van der Waals surface area contributed by atoms with Crippen LogP contribution in [0.4, 0.5) is 5.69 Å². The maximum Gasteiger partial charge on any atom is 0.243 e. The smallest absolute Gasteiger partial charge is 0.243 e. The number of hydrogen-bond acceptors (Lipinski definition) is 4. The largest absolute Gasteiger partial charge is 0.352 e. The topological polar surface area (TPSA) is 86.8 Å². The van der Waals surface area contributed by atoms with Crippen LogP contribution in [0, 0.1) is 0 Å². The zero-order valence-electron chi connectivity index (χ0n) is 20.8. The van der Waals surface area contributed by atoms with Crippen LogP contribution in [0.15, 0.2) is 42.5 Å². The molecule has 2 aromatic rings. The third-order valence-corrected chi connectivity index (χ3v) is 7.63. The van der Waals surface area contributed by atoms with Crippen LogP contribution in [0.5, 0.6) is 0 Å². The van der Waals surface area contributed by atoms with E-state index in [-0.39, 0.29) is 43.8 Å². The summed E-state index contributed by atoms with van der Waals surface area (Å²) in [5.74, 6) is -0.579. The summed E-state index contributed by atoms with van der Waals surface area (Å²) in [6.07, 6.45) is 1.75. The van der Waals surface area contributed by atoms with Crippen molar-refractivity contribution in [1.82, 2.24) is 10.2 Å². The van der Waals surface area contributed by atoms with Gasteiger partial charge in [-0.3, -0.25) is 13.9 Å². The lowest BCUT2D eigenvalue weighted by Gasteiger charge is -2.32. The van der Waals surface area contributed by atoms with Crippen LogP contribution < -0.4 is 9.62 Å². The van der Waals surface area contributed by atoms with Gasteiger partial charge >= 0.3 is 0 Å². The minimum absolute atomic E-state index is 0.0210. The molecule has 7 nitrogen and oxygen atoms in total. The number of amides is 2. The molecule has 2 aromatic carbocycles. The maximum atomic E-state index is 13.4. The molecule has 1 unspecified atom stereocenters. The normalized spacial score (nSPS) is 12.3. The Labute approximate surface area is 228 Å². The van der Waals surface area contributed by atoms with E-state index in [0.29, 0.717) is 32.7 Å². The molecule has 0 heterocycles. The molecule has 0 fully saturated rings. The molecular weight excluding hydrogens is 545 g/mol. The third-order valence-electron chi connectivity index (χ3n) is 5.47. The Morgan fingerprint density at radius 2 is 1.58 bits per heavy atom. The Balaban J connectivity index is 2.27. The van der Waals surface area contributed by atoms with Crippen LogP contribution in [-0.2, 0) is 26.2 Å². The Morgan fingerprint density at radius 3 is 2.08 bits per heavy atom. The molecule has 1 N–H and O–H groups in total. The highest BCUT2D eigenvalue weighted by Crippen LogP contribution is 2.28. The third kappa shape index (κ3) is 8.54. The number of carbonyl (C=O) groups is 2. The van der Waals surface area contributed by atoms with Crippen LogP contribution in [0.3, 0.4) is 0 Å². The molecular formula is C25H32Cl3N3O4S. The summed E-state index contributed by atoms with van der Waals surface area (Å²) in [4.78, 5) is 27.9. The van der Waals surface area contributed by atoms with Gasteiger partial charge in [0.2, 0.25) is 21.8 Å². The highest BCUT2D eigenvalue weighted by Gasteiger charge is 2.30. The molecule has 0 aliphatic rings. The Bertz CT molecular complexity index is 1140. The zero-order valence-corrected chi connectivity index (χ0v) is 23.9. The van der Waals surface area contributed by atoms with Crippen molar-refractivity contribution in [3.05, 3.63) is 63.1 Å². The molecule has 36 heavy (non-hydrogen) atoms. The molecule has 2 rings (SSSR count). The van der Waals surface area contributed by atoms with Crippen LogP contribution in [0.1, 0.15) is 45.6 Å². The standard InChI is InChI=1S/C25H32Cl3N3O4S/c1-5-23(25(33)29-17(2)3)30(16-20-21(27)8-6-9-22(20)28)24(32)10-7-15-31(36(4,34)35)19-13-11-18(26)12-14-19/h6,8-9,11-14,17,23H,5,7,10,15-16H2,1-4H3,(H,29,33). The van der Waals surface area contributed by atoms with E-state index in [2.05, 4.69) is 5.32 Å². The zero-order chi connectivity index (χ0) is 27.0. The van der Waals surface area contributed by atoms with Crippen molar-refractivity contribution in [2.75, 3.05) is 17.1 Å². The van der Waals surface area contributed by atoms with Gasteiger partial charge in [0.05, 0.1) is 11.9 Å². The number of hydrogen-bond donors (Lipinski definition) is 1. The predicted octanol–water partition coefficient (Wildman–Crippen LogP) is 5.53. The van der Waals surface area contributed by atoms with Gasteiger partial charge in [0.1, 0.15) is 6.04 Å². The highest BCUT2D eigenvalue weighted by molar-refractivity contribution is 7.92. The fourth-order valence-electron chi connectivity index (χ4n) is 3.77. The number of halogens is 3. The summed E-state index contributed by atoms with van der Waals surface area (Å²) in [5.41, 5.74) is 1.00. The molecule has 0 saturated carbocycles. The minimum Gasteiger partial charge on any atom is -0.352 e. The summed E-state index contributed by atoms with van der Waals surface area (Å²) >= 11 is 18.6.